The molecule has 3 aromatic rings. The zero-order chi connectivity index (χ0) is 11.8. The highest BCUT2D eigenvalue weighted by Crippen LogP contribution is 2.24. The SMILES string of the molecule is Bc1ccc(-c2nc3cc(C)ccc3o2)cc1. The van der Waals surface area contributed by atoms with Crippen LogP contribution in [0.15, 0.2) is 46.9 Å². The molecule has 2 nitrogen and oxygen atoms in total. The van der Waals surface area contributed by atoms with Crippen LogP contribution in [-0.4, -0.2) is 12.8 Å². The second-order valence-corrected chi connectivity index (χ2v) is 4.36. The largest absolute Gasteiger partial charge is 0.436 e. The van der Waals surface area contributed by atoms with Gasteiger partial charge in [-0.2, -0.15) is 0 Å². The van der Waals surface area contributed by atoms with E-state index in [0.717, 1.165) is 16.7 Å². The van der Waals surface area contributed by atoms with Crippen LogP contribution < -0.4 is 5.46 Å². The molecule has 82 valence electrons. The van der Waals surface area contributed by atoms with Gasteiger partial charge in [0.05, 0.1) is 0 Å². The molecule has 1 aromatic heterocycles. The number of fused-ring (bicyclic) bond motifs is 1. The van der Waals surface area contributed by atoms with Gasteiger partial charge < -0.3 is 4.42 Å². The van der Waals surface area contributed by atoms with Crippen LogP contribution in [0.1, 0.15) is 5.56 Å². The number of hydrogen-bond donors (Lipinski definition) is 0. The van der Waals surface area contributed by atoms with Crippen LogP contribution in [0.2, 0.25) is 0 Å². The van der Waals surface area contributed by atoms with Gasteiger partial charge in [0.25, 0.3) is 0 Å². The molecule has 0 fully saturated rings. The van der Waals surface area contributed by atoms with Gasteiger partial charge in [-0.25, -0.2) is 4.98 Å². The summed E-state index contributed by atoms with van der Waals surface area (Å²) in [6.07, 6.45) is 0. The van der Waals surface area contributed by atoms with E-state index in [1.807, 2.05) is 30.3 Å². The van der Waals surface area contributed by atoms with E-state index in [4.69, 9.17) is 4.42 Å². The minimum atomic E-state index is 0.686. The molecule has 3 heteroatoms. The van der Waals surface area contributed by atoms with Crippen LogP contribution in [0, 0.1) is 6.92 Å². The van der Waals surface area contributed by atoms with Crippen LogP contribution in [-0.2, 0) is 0 Å². The van der Waals surface area contributed by atoms with Crippen molar-refractivity contribution >= 4 is 24.4 Å². The first-order valence-corrected chi connectivity index (χ1v) is 5.66. The average molecular weight is 221 g/mol. The van der Waals surface area contributed by atoms with Crippen molar-refractivity contribution in [3.63, 3.8) is 0 Å². The molecule has 0 atom stereocenters. The van der Waals surface area contributed by atoms with E-state index in [9.17, 15) is 0 Å². The van der Waals surface area contributed by atoms with Gasteiger partial charge in [-0.15, -0.1) is 0 Å². The van der Waals surface area contributed by atoms with Crippen LogP contribution in [0.5, 0.6) is 0 Å². The standard InChI is InChI=1S/C14H12BNO/c1-9-2-7-13-12(8-9)16-14(17-13)10-3-5-11(15)6-4-10/h2-8H,15H2,1H3. The Bertz CT molecular complexity index is 670. The Labute approximate surface area is 101 Å². The molecule has 1 heterocycles. The van der Waals surface area contributed by atoms with Crippen molar-refractivity contribution in [3.05, 3.63) is 48.0 Å². The van der Waals surface area contributed by atoms with Gasteiger partial charge in [0.2, 0.25) is 5.89 Å². The Morgan fingerprint density at radius 2 is 1.82 bits per heavy atom. The number of aromatic nitrogens is 1. The quantitative estimate of drug-likeness (QED) is 0.588. The van der Waals surface area contributed by atoms with Crippen LogP contribution in [0.3, 0.4) is 0 Å². The normalized spacial score (nSPS) is 10.9. The van der Waals surface area contributed by atoms with Gasteiger partial charge in [-0.1, -0.05) is 35.8 Å². The fourth-order valence-corrected chi connectivity index (χ4v) is 1.86. The Hall–Kier alpha value is -2.03. The zero-order valence-corrected chi connectivity index (χ0v) is 9.90. The highest BCUT2D eigenvalue weighted by Gasteiger charge is 2.07. The smallest absolute Gasteiger partial charge is 0.227 e. The lowest BCUT2D eigenvalue weighted by Crippen LogP contribution is -1.99. The Morgan fingerprint density at radius 3 is 2.59 bits per heavy atom. The summed E-state index contributed by atoms with van der Waals surface area (Å²) in [6, 6.07) is 14.2. The van der Waals surface area contributed by atoms with Crippen LogP contribution in [0.4, 0.5) is 0 Å². The van der Waals surface area contributed by atoms with E-state index < -0.39 is 0 Å². The number of oxazole rings is 1. The zero-order valence-electron chi connectivity index (χ0n) is 9.90. The fourth-order valence-electron chi connectivity index (χ4n) is 1.86. The van der Waals surface area contributed by atoms with Crippen molar-refractivity contribution in [2.75, 3.05) is 0 Å². The molecule has 0 aliphatic rings. The van der Waals surface area contributed by atoms with E-state index in [1.165, 1.54) is 11.0 Å². The summed E-state index contributed by atoms with van der Waals surface area (Å²) in [5.41, 5.74) is 5.21. The number of rotatable bonds is 1. The van der Waals surface area contributed by atoms with E-state index >= 15 is 0 Å². The van der Waals surface area contributed by atoms with E-state index in [2.05, 4.69) is 31.9 Å². The van der Waals surface area contributed by atoms with Crippen molar-refractivity contribution < 1.29 is 4.42 Å². The number of benzene rings is 2. The van der Waals surface area contributed by atoms with E-state index in [-0.39, 0.29) is 0 Å². The summed E-state index contributed by atoms with van der Waals surface area (Å²) in [4.78, 5) is 4.51. The third-order valence-corrected chi connectivity index (χ3v) is 2.84. The number of hydrogen-bond acceptors (Lipinski definition) is 2. The predicted octanol–water partition coefficient (Wildman–Crippen LogP) is 2.06. The molecule has 0 aliphatic heterocycles. The summed E-state index contributed by atoms with van der Waals surface area (Å²) < 4.78 is 5.74. The topological polar surface area (TPSA) is 26.0 Å². The molecule has 3 rings (SSSR count). The molecule has 0 unspecified atom stereocenters. The molecular formula is C14H12BNO. The van der Waals surface area contributed by atoms with Gasteiger partial charge in [-0.05, 0) is 24.6 Å². The summed E-state index contributed by atoms with van der Waals surface area (Å²) in [5, 5.41) is 0. The van der Waals surface area contributed by atoms with E-state index in [1.54, 1.807) is 0 Å². The maximum absolute atomic E-state index is 5.74. The Balaban J connectivity index is 2.14. The molecular weight excluding hydrogens is 209 g/mol. The molecule has 0 bridgehead atoms. The van der Waals surface area contributed by atoms with Crippen LogP contribution >= 0.6 is 0 Å². The monoisotopic (exact) mass is 221 g/mol. The number of nitrogens with zero attached hydrogens (tertiary/aromatic N) is 1. The third kappa shape index (κ3) is 1.84. The Morgan fingerprint density at radius 1 is 1.06 bits per heavy atom. The molecule has 0 saturated heterocycles. The van der Waals surface area contributed by atoms with Gasteiger partial charge in [0.1, 0.15) is 13.4 Å². The lowest BCUT2D eigenvalue weighted by molar-refractivity contribution is 0.620. The van der Waals surface area contributed by atoms with Gasteiger partial charge in [-0.3, -0.25) is 0 Å². The molecule has 0 amide bonds. The summed E-state index contributed by atoms with van der Waals surface area (Å²) in [6.45, 7) is 2.06. The highest BCUT2D eigenvalue weighted by molar-refractivity contribution is 6.32. The lowest BCUT2D eigenvalue weighted by atomic mass is 9.95. The van der Waals surface area contributed by atoms with Gasteiger partial charge >= 0.3 is 0 Å². The molecule has 0 radical (unpaired) electrons. The van der Waals surface area contributed by atoms with Gasteiger partial charge in [0.15, 0.2) is 5.58 Å². The van der Waals surface area contributed by atoms with Crippen molar-refractivity contribution in [2.24, 2.45) is 0 Å². The van der Waals surface area contributed by atoms with Crippen LogP contribution in [0.25, 0.3) is 22.6 Å². The van der Waals surface area contributed by atoms with Gasteiger partial charge in [0, 0.05) is 5.56 Å². The average Bonchev–Trinajstić information content (AvgIpc) is 2.72. The molecule has 0 saturated carbocycles. The number of aryl methyl sites for hydroxylation is 1. The summed E-state index contributed by atoms with van der Waals surface area (Å²) >= 11 is 0. The first-order chi connectivity index (χ1) is 8.22. The minimum Gasteiger partial charge on any atom is -0.436 e. The molecule has 2 aromatic carbocycles. The fraction of sp³-hybridized carbons (Fsp3) is 0.0714. The molecule has 0 aliphatic carbocycles. The highest BCUT2D eigenvalue weighted by atomic mass is 16.3. The lowest BCUT2D eigenvalue weighted by Gasteiger charge is -1.95. The summed E-state index contributed by atoms with van der Waals surface area (Å²) in [5.74, 6) is 0.686. The van der Waals surface area contributed by atoms with Crippen molar-refractivity contribution in [1.82, 2.24) is 4.98 Å². The summed E-state index contributed by atoms with van der Waals surface area (Å²) in [7, 11) is 2.07. The van der Waals surface area contributed by atoms with Crippen molar-refractivity contribution in [1.29, 1.82) is 0 Å². The second kappa shape index (κ2) is 3.77. The predicted molar refractivity (Wildman–Crippen MR) is 72.4 cm³/mol. The van der Waals surface area contributed by atoms with Crippen molar-refractivity contribution in [3.8, 4) is 11.5 Å². The molecule has 17 heavy (non-hydrogen) atoms. The molecule has 0 spiro atoms. The second-order valence-electron chi connectivity index (χ2n) is 4.36. The maximum Gasteiger partial charge on any atom is 0.227 e. The van der Waals surface area contributed by atoms with Crippen molar-refractivity contribution in [2.45, 2.75) is 6.92 Å². The maximum atomic E-state index is 5.74. The first-order valence-electron chi connectivity index (χ1n) is 5.66. The molecule has 0 N–H and O–H groups in total. The van der Waals surface area contributed by atoms with E-state index in [0.29, 0.717) is 5.89 Å². The third-order valence-electron chi connectivity index (χ3n) is 2.84. The Kier molecular flexibility index (Phi) is 2.25. The first kappa shape index (κ1) is 10.1. The minimum absolute atomic E-state index is 0.686.